The third-order valence-electron chi connectivity index (χ3n) is 2.15. The zero-order chi connectivity index (χ0) is 12.9. The molecule has 17 heavy (non-hydrogen) atoms. The molecular weight excluding hydrogens is 297 g/mol. The van der Waals surface area contributed by atoms with E-state index >= 15 is 0 Å². The van der Waals surface area contributed by atoms with E-state index in [0.29, 0.717) is 24.1 Å². The van der Waals surface area contributed by atoms with Gasteiger partial charge in [-0.2, -0.15) is 13.2 Å². The molecule has 0 aliphatic rings. The summed E-state index contributed by atoms with van der Waals surface area (Å²) in [6.07, 6.45) is -1.97. The molecule has 0 fully saturated rings. The van der Waals surface area contributed by atoms with Crippen LogP contribution < -0.4 is 4.90 Å². The molecule has 1 aromatic heterocycles. The van der Waals surface area contributed by atoms with Crippen LogP contribution in [0, 0.1) is 0 Å². The minimum Gasteiger partial charge on any atom is -0.348 e. The second-order valence-electron chi connectivity index (χ2n) is 3.70. The molecule has 0 saturated heterocycles. The summed E-state index contributed by atoms with van der Waals surface area (Å²) in [7, 11) is 0. The van der Waals surface area contributed by atoms with Crippen molar-refractivity contribution in [2.75, 3.05) is 18.0 Å². The van der Waals surface area contributed by atoms with E-state index in [2.05, 4.69) is 20.9 Å². The second-order valence-corrected chi connectivity index (χ2v) is 4.26. The average Bonchev–Trinajstić information content (AvgIpc) is 2.27. The van der Waals surface area contributed by atoms with Crippen LogP contribution in [0.4, 0.5) is 19.0 Å². The molecule has 2 nitrogen and oxygen atoms in total. The van der Waals surface area contributed by atoms with Crippen molar-refractivity contribution in [1.82, 2.24) is 4.98 Å². The molecule has 0 unspecified atom stereocenters. The Kier molecular flexibility index (Phi) is 5.24. The fraction of sp³-hybridized carbons (Fsp3) is 0.545. The first-order valence-electron chi connectivity index (χ1n) is 5.29. The number of anilines is 1. The Morgan fingerprint density at radius 1 is 1.35 bits per heavy atom. The number of alkyl halides is 4. The Balaban J connectivity index is 2.81. The fourth-order valence-electron chi connectivity index (χ4n) is 1.44. The van der Waals surface area contributed by atoms with Crippen molar-refractivity contribution >= 4 is 21.7 Å². The predicted molar refractivity (Wildman–Crippen MR) is 65.4 cm³/mol. The molecule has 1 heterocycles. The molecule has 0 atom stereocenters. The number of aromatic nitrogens is 1. The smallest absolute Gasteiger partial charge is 0.348 e. The van der Waals surface area contributed by atoms with Gasteiger partial charge in [-0.3, -0.25) is 0 Å². The normalized spacial score (nSPS) is 11.6. The van der Waals surface area contributed by atoms with Crippen LogP contribution in [-0.4, -0.2) is 24.2 Å². The van der Waals surface area contributed by atoms with E-state index in [1.165, 1.54) is 4.90 Å². The molecule has 6 heteroatoms. The van der Waals surface area contributed by atoms with E-state index in [1.807, 2.05) is 6.92 Å². The van der Waals surface area contributed by atoms with E-state index < -0.39 is 12.7 Å². The maximum Gasteiger partial charge on any atom is 0.405 e. The molecule has 0 radical (unpaired) electrons. The molecule has 0 aliphatic heterocycles. The van der Waals surface area contributed by atoms with E-state index in [1.54, 1.807) is 18.3 Å². The monoisotopic (exact) mass is 310 g/mol. The highest BCUT2D eigenvalue weighted by Gasteiger charge is 2.30. The molecule has 0 N–H and O–H groups in total. The van der Waals surface area contributed by atoms with Gasteiger partial charge in [-0.1, -0.05) is 28.9 Å². The third-order valence-corrected chi connectivity index (χ3v) is 2.80. The predicted octanol–water partition coefficient (Wildman–Crippen LogP) is 3.76. The zero-order valence-corrected chi connectivity index (χ0v) is 11.1. The first-order valence-corrected chi connectivity index (χ1v) is 6.41. The van der Waals surface area contributed by atoms with Crippen molar-refractivity contribution < 1.29 is 13.2 Å². The summed E-state index contributed by atoms with van der Waals surface area (Å²) in [6.45, 7) is 1.23. The number of hydrogen-bond donors (Lipinski definition) is 0. The lowest BCUT2D eigenvalue weighted by atomic mass is 10.3. The van der Waals surface area contributed by atoms with Crippen molar-refractivity contribution in [2.45, 2.75) is 24.9 Å². The first kappa shape index (κ1) is 14.3. The molecule has 0 bridgehead atoms. The maximum atomic E-state index is 12.4. The summed E-state index contributed by atoms with van der Waals surface area (Å²) in [4.78, 5) is 5.30. The highest BCUT2D eigenvalue weighted by atomic mass is 79.9. The molecule has 0 aromatic carbocycles. The number of hydrogen-bond acceptors (Lipinski definition) is 2. The summed E-state index contributed by atoms with van der Waals surface area (Å²) in [6, 6.07) is 3.40. The van der Waals surface area contributed by atoms with Crippen molar-refractivity contribution in [2.24, 2.45) is 0 Å². The van der Waals surface area contributed by atoms with Crippen LogP contribution in [0.1, 0.15) is 18.9 Å². The molecule has 1 aromatic rings. The van der Waals surface area contributed by atoms with Crippen molar-refractivity contribution in [3.8, 4) is 0 Å². The minimum absolute atomic E-state index is 0.347. The van der Waals surface area contributed by atoms with Crippen LogP contribution >= 0.6 is 15.9 Å². The molecule has 0 amide bonds. The Morgan fingerprint density at radius 3 is 2.47 bits per heavy atom. The SMILES string of the molecule is CCCN(CC(F)(F)F)c1ccc(CBr)cn1. The van der Waals surface area contributed by atoms with E-state index in [9.17, 15) is 13.2 Å². The standard InChI is InChI=1S/C11H14BrF3N2/c1-2-5-17(8-11(13,14)15)10-4-3-9(6-12)7-16-10/h3-4,7H,2,5-6,8H2,1H3. The average molecular weight is 311 g/mol. The van der Waals surface area contributed by atoms with E-state index in [-0.39, 0.29) is 0 Å². The van der Waals surface area contributed by atoms with Crippen LogP contribution in [0.2, 0.25) is 0 Å². The van der Waals surface area contributed by atoms with Gasteiger partial charge in [0.2, 0.25) is 0 Å². The molecular formula is C11H14BrF3N2. The van der Waals surface area contributed by atoms with Gasteiger partial charge in [0.05, 0.1) is 0 Å². The van der Waals surface area contributed by atoms with Crippen LogP contribution in [0.5, 0.6) is 0 Å². The zero-order valence-electron chi connectivity index (χ0n) is 9.47. The summed E-state index contributed by atoms with van der Waals surface area (Å²) < 4.78 is 37.1. The molecule has 0 spiro atoms. The van der Waals surface area contributed by atoms with Crippen molar-refractivity contribution in [3.63, 3.8) is 0 Å². The second kappa shape index (κ2) is 6.23. The van der Waals surface area contributed by atoms with Gasteiger partial charge in [-0.25, -0.2) is 4.98 Å². The van der Waals surface area contributed by atoms with Gasteiger partial charge in [0, 0.05) is 18.1 Å². The minimum atomic E-state index is -4.20. The van der Waals surface area contributed by atoms with Gasteiger partial charge < -0.3 is 4.90 Å². The van der Waals surface area contributed by atoms with E-state index in [0.717, 1.165) is 5.56 Å². The topological polar surface area (TPSA) is 16.1 Å². The van der Waals surface area contributed by atoms with Gasteiger partial charge in [-0.15, -0.1) is 0 Å². The van der Waals surface area contributed by atoms with Gasteiger partial charge in [0.25, 0.3) is 0 Å². The largest absolute Gasteiger partial charge is 0.405 e. The highest BCUT2D eigenvalue weighted by Crippen LogP contribution is 2.21. The Morgan fingerprint density at radius 2 is 2.06 bits per heavy atom. The van der Waals surface area contributed by atoms with Gasteiger partial charge in [-0.05, 0) is 18.1 Å². The summed E-state index contributed by atoms with van der Waals surface area (Å²) in [5.41, 5.74) is 0.942. The number of halogens is 4. The molecule has 0 saturated carbocycles. The van der Waals surface area contributed by atoms with Gasteiger partial charge >= 0.3 is 6.18 Å². The number of nitrogens with zero attached hydrogens (tertiary/aromatic N) is 2. The Labute approximate surface area is 107 Å². The van der Waals surface area contributed by atoms with Crippen LogP contribution in [0.15, 0.2) is 18.3 Å². The lowest BCUT2D eigenvalue weighted by Crippen LogP contribution is -2.35. The van der Waals surface area contributed by atoms with Gasteiger partial charge in [0.15, 0.2) is 0 Å². The fourth-order valence-corrected chi connectivity index (χ4v) is 1.78. The lowest BCUT2D eigenvalue weighted by Gasteiger charge is -2.24. The van der Waals surface area contributed by atoms with Crippen LogP contribution in [0.3, 0.4) is 0 Å². The van der Waals surface area contributed by atoms with E-state index in [4.69, 9.17) is 0 Å². The van der Waals surface area contributed by atoms with Crippen molar-refractivity contribution in [3.05, 3.63) is 23.9 Å². The van der Waals surface area contributed by atoms with Crippen LogP contribution in [0.25, 0.3) is 0 Å². The Bertz CT molecular complexity index is 338. The van der Waals surface area contributed by atoms with Crippen molar-refractivity contribution in [1.29, 1.82) is 0 Å². The molecule has 1 rings (SSSR count). The highest BCUT2D eigenvalue weighted by molar-refractivity contribution is 9.08. The lowest BCUT2D eigenvalue weighted by molar-refractivity contribution is -0.119. The third kappa shape index (κ3) is 4.93. The van der Waals surface area contributed by atoms with Crippen LogP contribution in [-0.2, 0) is 5.33 Å². The first-order chi connectivity index (χ1) is 7.96. The molecule has 96 valence electrons. The number of rotatable bonds is 5. The van der Waals surface area contributed by atoms with Gasteiger partial charge in [0.1, 0.15) is 12.4 Å². The quantitative estimate of drug-likeness (QED) is 0.770. The summed E-state index contributed by atoms with van der Waals surface area (Å²) in [5.74, 6) is 0.369. The molecule has 0 aliphatic carbocycles. The Hall–Kier alpha value is -0.780. The summed E-state index contributed by atoms with van der Waals surface area (Å²) >= 11 is 3.27. The number of pyridine rings is 1. The summed E-state index contributed by atoms with van der Waals surface area (Å²) in [5, 5.41) is 0.646. The maximum absolute atomic E-state index is 12.4.